The predicted octanol–water partition coefficient (Wildman–Crippen LogP) is 3.34. The summed E-state index contributed by atoms with van der Waals surface area (Å²) in [4.78, 5) is 23.6. The number of halogens is 1. The Kier molecular flexibility index (Phi) is 4.82. The third kappa shape index (κ3) is 3.29. The van der Waals surface area contributed by atoms with E-state index in [4.69, 9.17) is 21.3 Å². The number of rotatable bonds is 4. The molecule has 0 saturated carbocycles. The first kappa shape index (κ1) is 17.3. The molecule has 0 amide bonds. The highest BCUT2D eigenvalue weighted by atomic mass is 35.5. The van der Waals surface area contributed by atoms with E-state index < -0.39 is 0 Å². The molecule has 26 heavy (non-hydrogen) atoms. The van der Waals surface area contributed by atoms with Gasteiger partial charge in [-0.3, -0.25) is 9.36 Å². The van der Waals surface area contributed by atoms with E-state index in [0.717, 1.165) is 37.4 Å². The summed E-state index contributed by atoms with van der Waals surface area (Å²) < 4.78 is 8.17. The molecule has 3 aromatic heterocycles. The number of aromatic nitrogens is 3. The lowest BCUT2D eigenvalue weighted by Gasteiger charge is -2.34. The fraction of sp³-hybridized carbons (Fsp3) is 0.389. The number of fused-ring (bicyclic) bond motifs is 1. The number of ether oxygens (including phenoxy) is 1. The first-order valence-corrected chi connectivity index (χ1v) is 9.81. The predicted molar refractivity (Wildman–Crippen MR) is 105 cm³/mol. The summed E-state index contributed by atoms with van der Waals surface area (Å²) in [5, 5.41) is 2.43. The van der Waals surface area contributed by atoms with Crippen molar-refractivity contribution in [1.82, 2.24) is 14.5 Å². The second kappa shape index (κ2) is 7.25. The minimum absolute atomic E-state index is 0.0126. The second-order valence-electron chi connectivity index (χ2n) is 6.47. The van der Waals surface area contributed by atoms with Crippen LogP contribution in [0.2, 0.25) is 5.02 Å². The average Bonchev–Trinajstić information content (AvgIpc) is 3.13. The van der Waals surface area contributed by atoms with Gasteiger partial charge in [0.05, 0.1) is 12.1 Å². The van der Waals surface area contributed by atoms with Crippen molar-refractivity contribution in [3.63, 3.8) is 0 Å². The van der Waals surface area contributed by atoms with E-state index in [0.29, 0.717) is 28.1 Å². The molecule has 0 radical (unpaired) electrons. The molecule has 1 aliphatic rings. The van der Waals surface area contributed by atoms with Crippen molar-refractivity contribution in [2.45, 2.75) is 12.8 Å². The Bertz CT molecular complexity index is 987. The SMILES string of the molecule is Cn1c(N2CCCC(COc3ncccc3Cl)C2)nc2ccsc2c1=O. The van der Waals surface area contributed by atoms with Crippen LogP contribution in [0.5, 0.6) is 5.88 Å². The Hall–Kier alpha value is -2.12. The first-order valence-electron chi connectivity index (χ1n) is 8.56. The van der Waals surface area contributed by atoms with Crippen molar-refractivity contribution >= 4 is 39.1 Å². The number of nitrogens with zero attached hydrogens (tertiary/aromatic N) is 4. The summed E-state index contributed by atoms with van der Waals surface area (Å²) in [5.41, 5.74) is 0.783. The standard InChI is InChI=1S/C18H19ClN4O2S/c1-22-17(24)15-14(6-9-26-15)21-18(22)23-8-3-4-12(10-23)11-25-16-13(19)5-2-7-20-16/h2,5-7,9,12H,3-4,8,10-11H2,1H3. The number of pyridine rings is 1. The van der Waals surface area contributed by atoms with Crippen LogP contribution >= 0.6 is 22.9 Å². The number of hydrogen-bond donors (Lipinski definition) is 0. The fourth-order valence-electron chi connectivity index (χ4n) is 3.32. The van der Waals surface area contributed by atoms with Gasteiger partial charge in [-0.25, -0.2) is 9.97 Å². The van der Waals surface area contributed by atoms with Crippen LogP contribution < -0.4 is 15.2 Å². The van der Waals surface area contributed by atoms with Crippen molar-refractivity contribution in [2.75, 3.05) is 24.6 Å². The van der Waals surface area contributed by atoms with Gasteiger partial charge in [-0.2, -0.15) is 0 Å². The van der Waals surface area contributed by atoms with Crippen LogP contribution in [0.4, 0.5) is 5.95 Å². The smallest absolute Gasteiger partial charge is 0.272 e. The molecule has 1 fully saturated rings. The molecule has 0 bridgehead atoms. The highest BCUT2D eigenvalue weighted by Crippen LogP contribution is 2.25. The van der Waals surface area contributed by atoms with Gasteiger partial charge in [-0.15, -0.1) is 11.3 Å². The lowest BCUT2D eigenvalue weighted by molar-refractivity contribution is 0.221. The summed E-state index contributed by atoms with van der Waals surface area (Å²) >= 11 is 7.54. The Morgan fingerprint density at radius 2 is 2.31 bits per heavy atom. The molecule has 0 aromatic carbocycles. The molecule has 0 N–H and O–H groups in total. The van der Waals surface area contributed by atoms with E-state index in [1.807, 2.05) is 11.4 Å². The molecular weight excluding hydrogens is 372 g/mol. The molecule has 3 aromatic rings. The summed E-state index contributed by atoms with van der Waals surface area (Å²) in [7, 11) is 1.79. The Morgan fingerprint density at radius 3 is 3.15 bits per heavy atom. The topological polar surface area (TPSA) is 60.2 Å². The molecule has 4 rings (SSSR count). The minimum Gasteiger partial charge on any atom is -0.476 e. The van der Waals surface area contributed by atoms with Gasteiger partial charge in [0.25, 0.3) is 5.56 Å². The van der Waals surface area contributed by atoms with Crippen molar-refractivity contribution < 1.29 is 4.74 Å². The number of anilines is 1. The van der Waals surface area contributed by atoms with Crippen molar-refractivity contribution in [2.24, 2.45) is 13.0 Å². The Morgan fingerprint density at radius 1 is 1.42 bits per heavy atom. The van der Waals surface area contributed by atoms with Crippen LogP contribution in [0.25, 0.3) is 10.2 Å². The third-order valence-electron chi connectivity index (χ3n) is 4.65. The first-order chi connectivity index (χ1) is 12.6. The Balaban J connectivity index is 1.51. The van der Waals surface area contributed by atoms with Gasteiger partial charge < -0.3 is 9.64 Å². The molecule has 0 spiro atoms. The third-order valence-corrected chi connectivity index (χ3v) is 5.83. The van der Waals surface area contributed by atoms with Crippen LogP contribution in [0, 0.1) is 5.92 Å². The summed E-state index contributed by atoms with van der Waals surface area (Å²) in [6, 6.07) is 5.45. The molecule has 4 heterocycles. The number of hydrogen-bond acceptors (Lipinski definition) is 6. The maximum Gasteiger partial charge on any atom is 0.272 e. The van der Waals surface area contributed by atoms with Gasteiger partial charge >= 0.3 is 0 Å². The second-order valence-corrected chi connectivity index (χ2v) is 7.79. The molecule has 1 atom stereocenters. The van der Waals surface area contributed by atoms with Crippen LogP contribution in [0.1, 0.15) is 12.8 Å². The highest BCUT2D eigenvalue weighted by Gasteiger charge is 2.24. The molecular formula is C18H19ClN4O2S. The quantitative estimate of drug-likeness (QED) is 0.683. The van der Waals surface area contributed by atoms with Gasteiger partial charge in [0.15, 0.2) is 0 Å². The fourth-order valence-corrected chi connectivity index (χ4v) is 4.30. The monoisotopic (exact) mass is 390 g/mol. The van der Waals surface area contributed by atoms with E-state index >= 15 is 0 Å². The van der Waals surface area contributed by atoms with Crippen molar-refractivity contribution in [3.05, 3.63) is 45.2 Å². The van der Waals surface area contributed by atoms with E-state index in [1.54, 1.807) is 29.9 Å². The highest BCUT2D eigenvalue weighted by molar-refractivity contribution is 7.17. The van der Waals surface area contributed by atoms with Gasteiger partial charge in [-0.1, -0.05) is 11.6 Å². The van der Waals surface area contributed by atoms with Crippen LogP contribution in [0.3, 0.4) is 0 Å². The molecule has 1 unspecified atom stereocenters. The maximum atomic E-state index is 12.5. The lowest BCUT2D eigenvalue weighted by atomic mass is 9.99. The van der Waals surface area contributed by atoms with Crippen LogP contribution in [0.15, 0.2) is 34.6 Å². The lowest BCUT2D eigenvalue weighted by Crippen LogP contribution is -2.41. The van der Waals surface area contributed by atoms with Crippen LogP contribution in [-0.2, 0) is 7.05 Å². The summed E-state index contributed by atoms with van der Waals surface area (Å²) in [6.45, 7) is 2.22. The minimum atomic E-state index is 0.0126. The maximum absolute atomic E-state index is 12.5. The van der Waals surface area contributed by atoms with E-state index in [2.05, 4.69) is 9.88 Å². The molecule has 136 valence electrons. The summed E-state index contributed by atoms with van der Waals surface area (Å²) in [6.07, 6.45) is 3.77. The molecule has 1 aliphatic heterocycles. The molecule has 0 aliphatic carbocycles. The van der Waals surface area contributed by atoms with E-state index in [-0.39, 0.29) is 5.56 Å². The Labute approximate surface area is 160 Å². The molecule has 1 saturated heterocycles. The largest absolute Gasteiger partial charge is 0.476 e. The zero-order valence-electron chi connectivity index (χ0n) is 14.4. The summed E-state index contributed by atoms with van der Waals surface area (Å²) in [5.74, 6) is 1.52. The van der Waals surface area contributed by atoms with E-state index in [9.17, 15) is 4.79 Å². The van der Waals surface area contributed by atoms with E-state index in [1.165, 1.54) is 11.3 Å². The van der Waals surface area contributed by atoms with Crippen LogP contribution in [-0.4, -0.2) is 34.2 Å². The van der Waals surface area contributed by atoms with Crippen molar-refractivity contribution in [1.29, 1.82) is 0 Å². The number of piperidine rings is 1. The van der Waals surface area contributed by atoms with Gasteiger partial charge in [-0.05, 0) is 36.4 Å². The molecule has 6 nitrogen and oxygen atoms in total. The molecule has 8 heteroatoms. The van der Waals surface area contributed by atoms with Crippen molar-refractivity contribution in [3.8, 4) is 5.88 Å². The normalized spacial score (nSPS) is 17.6. The van der Waals surface area contributed by atoms with Gasteiger partial charge in [0, 0.05) is 32.3 Å². The van der Waals surface area contributed by atoms with Gasteiger partial charge in [0.1, 0.15) is 9.72 Å². The number of thiophene rings is 1. The van der Waals surface area contributed by atoms with Gasteiger partial charge in [0.2, 0.25) is 11.8 Å². The average molecular weight is 391 g/mol. The zero-order chi connectivity index (χ0) is 18.1. The zero-order valence-corrected chi connectivity index (χ0v) is 16.0.